The van der Waals surface area contributed by atoms with E-state index >= 15 is 0 Å². The molecule has 60 valence electrons. The molecule has 1 aliphatic rings. The number of thiol groups is 1. The average molecular weight is 159 g/mol. The van der Waals surface area contributed by atoms with Crippen LogP contribution < -0.4 is 0 Å². The number of hydrogen-bond donors (Lipinski definition) is 1. The van der Waals surface area contributed by atoms with Gasteiger partial charge in [-0.25, -0.2) is 0 Å². The van der Waals surface area contributed by atoms with Gasteiger partial charge in [-0.05, 0) is 24.7 Å². The molecule has 0 saturated carbocycles. The van der Waals surface area contributed by atoms with Crippen molar-refractivity contribution >= 4 is 12.8 Å². The maximum Gasteiger partial charge on any atom is 0.00897 e. The second kappa shape index (κ2) is 3.63. The van der Waals surface area contributed by atoms with Crippen molar-refractivity contribution in [2.45, 2.75) is 26.7 Å². The number of rotatable bonds is 1. The van der Waals surface area contributed by atoms with Crippen molar-refractivity contribution in [3.05, 3.63) is 0 Å². The molecule has 0 aliphatic carbocycles. The molecule has 0 amide bonds. The van der Waals surface area contributed by atoms with Gasteiger partial charge in [-0.15, -0.1) is 0 Å². The average Bonchev–Trinajstić information content (AvgIpc) is 1.88. The molecule has 0 aromatic heterocycles. The smallest absolute Gasteiger partial charge is 0.00897 e. The molecule has 0 radical (unpaired) electrons. The second-order valence-corrected chi connectivity index (χ2v) is 4.10. The van der Waals surface area contributed by atoms with Crippen molar-refractivity contribution in [1.82, 2.24) is 4.31 Å². The van der Waals surface area contributed by atoms with Gasteiger partial charge < -0.3 is 0 Å². The molecule has 0 bridgehead atoms. The summed E-state index contributed by atoms with van der Waals surface area (Å²) in [4.78, 5) is 0. The number of nitrogens with zero attached hydrogens (tertiary/aromatic N) is 1. The lowest BCUT2D eigenvalue weighted by molar-refractivity contribution is 0.239. The lowest BCUT2D eigenvalue weighted by Crippen LogP contribution is -2.28. The van der Waals surface area contributed by atoms with Gasteiger partial charge in [-0.1, -0.05) is 26.7 Å². The van der Waals surface area contributed by atoms with Crippen LogP contribution in [-0.4, -0.2) is 17.4 Å². The van der Waals surface area contributed by atoms with Crippen LogP contribution in [0.25, 0.3) is 0 Å². The van der Waals surface area contributed by atoms with Crippen LogP contribution in [-0.2, 0) is 0 Å². The van der Waals surface area contributed by atoms with Crippen LogP contribution in [0.2, 0.25) is 0 Å². The van der Waals surface area contributed by atoms with E-state index in [1.165, 1.54) is 25.9 Å². The largest absolute Gasteiger partial charge is 0.253 e. The van der Waals surface area contributed by atoms with Gasteiger partial charge in [0, 0.05) is 13.1 Å². The van der Waals surface area contributed by atoms with Crippen molar-refractivity contribution in [3.63, 3.8) is 0 Å². The molecule has 10 heavy (non-hydrogen) atoms. The summed E-state index contributed by atoms with van der Waals surface area (Å²) in [5, 5.41) is 0. The van der Waals surface area contributed by atoms with Crippen LogP contribution in [0, 0.1) is 11.8 Å². The van der Waals surface area contributed by atoms with Crippen molar-refractivity contribution in [2.24, 2.45) is 11.8 Å². The third-order valence-electron chi connectivity index (χ3n) is 2.46. The minimum atomic E-state index is 0.863. The molecule has 0 atom stereocenters. The van der Waals surface area contributed by atoms with E-state index in [0.29, 0.717) is 0 Å². The summed E-state index contributed by atoms with van der Waals surface area (Å²) in [6.45, 7) is 6.98. The minimum Gasteiger partial charge on any atom is -0.253 e. The van der Waals surface area contributed by atoms with Crippen molar-refractivity contribution < 1.29 is 0 Å². The Kier molecular flexibility index (Phi) is 3.05. The zero-order valence-corrected chi connectivity index (χ0v) is 7.77. The first-order valence-corrected chi connectivity index (χ1v) is 4.54. The molecule has 1 saturated heterocycles. The summed E-state index contributed by atoms with van der Waals surface area (Å²) < 4.78 is 2.12. The van der Waals surface area contributed by atoms with Gasteiger partial charge in [0.15, 0.2) is 0 Å². The molecule has 0 N–H and O–H groups in total. The van der Waals surface area contributed by atoms with E-state index in [-0.39, 0.29) is 0 Å². The van der Waals surface area contributed by atoms with Gasteiger partial charge in [0.25, 0.3) is 0 Å². The zero-order valence-electron chi connectivity index (χ0n) is 6.88. The summed E-state index contributed by atoms with van der Waals surface area (Å²) in [6, 6.07) is 0. The van der Waals surface area contributed by atoms with Crippen molar-refractivity contribution in [1.29, 1.82) is 0 Å². The van der Waals surface area contributed by atoms with E-state index < -0.39 is 0 Å². The molecule has 0 spiro atoms. The van der Waals surface area contributed by atoms with Crippen LogP contribution in [0.5, 0.6) is 0 Å². The third kappa shape index (κ3) is 2.17. The van der Waals surface area contributed by atoms with Crippen LogP contribution >= 0.6 is 12.8 Å². The number of hydrogen-bond acceptors (Lipinski definition) is 2. The summed E-state index contributed by atoms with van der Waals surface area (Å²) in [5.41, 5.74) is 0. The Labute approximate surface area is 69.3 Å². The highest BCUT2D eigenvalue weighted by molar-refractivity contribution is 7.77. The Morgan fingerprint density at radius 2 is 1.80 bits per heavy atom. The van der Waals surface area contributed by atoms with Gasteiger partial charge >= 0.3 is 0 Å². The maximum atomic E-state index is 4.30. The molecular formula is C8H17NS. The Morgan fingerprint density at radius 1 is 1.30 bits per heavy atom. The molecule has 1 heterocycles. The van der Waals surface area contributed by atoms with Crippen LogP contribution in [0.15, 0.2) is 0 Å². The highest BCUT2D eigenvalue weighted by Gasteiger charge is 2.19. The Bertz CT molecular complexity index is 95.4. The lowest BCUT2D eigenvalue weighted by atomic mass is 9.87. The monoisotopic (exact) mass is 159 g/mol. The summed E-state index contributed by atoms with van der Waals surface area (Å²) >= 11 is 4.30. The van der Waals surface area contributed by atoms with Gasteiger partial charge in [-0.3, -0.25) is 4.31 Å². The normalized spacial score (nSPS) is 24.0. The highest BCUT2D eigenvalue weighted by atomic mass is 32.1. The lowest BCUT2D eigenvalue weighted by Gasteiger charge is -2.30. The second-order valence-electron chi connectivity index (χ2n) is 3.54. The minimum absolute atomic E-state index is 0.863. The van der Waals surface area contributed by atoms with Gasteiger partial charge in [0.1, 0.15) is 0 Å². The molecular weight excluding hydrogens is 142 g/mol. The molecule has 0 aromatic carbocycles. The first-order valence-electron chi connectivity index (χ1n) is 4.14. The van der Waals surface area contributed by atoms with Crippen molar-refractivity contribution in [2.75, 3.05) is 13.1 Å². The fourth-order valence-electron chi connectivity index (χ4n) is 1.55. The van der Waals surface area contributed by atoms with E-state index in [1.54, 1.807) is 0 Å². The molecule has 1 aliphatic heterocycles. The Balaban J connectivity index is 2.26. The van der Waals surface area contributed by atoms with E-state index in [2.05, 4.69) is 31.0 Å². The van der Waals surface area contributed by atoms with Gasteiger partial charge in [-0.2, -0.15) is 0 Å². The first-order chi connectivity index (χ1) is 4.70. The number of piperidine rings is 1. The topological polar surface area (TPSA) is 3.24 Å². The molecule has 1 nitrogen and oxygen atoms in total. The van der Waals surface area contributed by atoms with Crippen LogP contribution in [0.3, 0.4) is 0 Å². The van der Waals surface area contributed by atoms with Gasteiger partial charge in [0.05, 0.1) is 0 Å². The summed E-state index contributed by atoms with van der Waals surface area (Å²) in [7, 11) is 0. The molecule has 0 unspecified atom stereocenters. The molecule has 2 heteroatoms. The fraction of sp³-hybridized carbons (Fsp3) is 1.00. The molecule has 1 fully saturated rings. The highest BCUT2D eigenvalue weighted by Crippen LogP contribution is 2.24. The standard InChI is InChI=1S/C8H17NS/c1-7(2)8-3-5-9(10)6-4-8/h7-8,10H,3-6H2,1-2H3. The fourth-order valence-corrected chi connectivity index (χ4v) is 1.78. The predicted molar refractivity (Wildman–Crippen MR) is 48.1 cm³/mol. The predicted octanol–water partition coefficient (Wildman–Crippen LogP) is 2.20. The van der Waals surface area contributed by atoms with E-state index in [1.807, 2.05) is 0 Å². The summed E-state index contributed by atoms with van der Waals surface area (Å²) in [5.74, 6) is 1.81. The maximum absolute atomic E-state index is 4.30. The molecule has 0 aromatic rings. The van der Waals surface area contributed by atoms with Gasteiger partial charge in [0.2, 0.25) is 0 Å². The van der Waals surface area contributed by atoms with Crippen LogP contribution in [0.1, 0.15) is 26.7 Å². The molecule has 1 rings (SSSR count). The zero-order chi connectivity index (χ0) is 7.56. The van der Waals surface area contributed by atoms with E-state index in [0.717, 1.165) is 11.8 Å². The quantitative estimate of drug-likeness (QED) is 0.574. The first kappa shape index (κ1) is 8.41. The van der Waals surface area contributed by atoms with Crippen LogP contribution in [0.4, 0.5) is 0 Å². The van der Waals surface area contributed by atoms with E-state index in [9.17, 15) is 0 Å². The van der Waals surface area contributed by atoms with E-state index in [4.69, 9.17) is 0 Å². The summed E-state index contributed by atoms with van der Waals surface area (Å²) in [6.07, 6.45) is 2.67. The third-order valence-corrected chi connectivity index (χ3v) is 2.86. The Hall–Kier alpha value is 0.310. The van der Waals surface area contributed by atoms with Crippen molar-refractivity contribution in [3.8, 4) is 0 Å². The Morgan fingerprint density at radius 3 is 2.20 bits per heavy atom. The SMILES string of the molecule is CC(C)C1CCN(S)CC1.